The quantitative estimate of drug-likeness (QED) is 0.876. The van der Waals surface area contributed by atoms with Gasteiger partial charge in [-0.05, 0) is 61.8 Å². The van der Waals surface area contributed by atoms with Crippen LogP contribution < -0.4 is 10.9 Å². The van der Waals surface area contributed by atoms with Gasteiger partial charge in [-0.3, -0.25) is 0 Å². The second-order valence-electron chi connectivity index (χ2n) is 7.29. The molecule has 1 aliphatic carbocycles. The Bertz CT molecular complexity index is 739. The van der Waals surface area contributed by atoms with Crippen molar-refractivity contribution in [2.24, 2.45) is 0 Å². The molecule has 0 atom stereocenters. The maximum absolute atomic E-state index is 11.9. The van der Waals surface area contributed by atoms with E-state index in [0.717, 1.165) is 23.1 Å². The third kappa shape index (κ3) is 3.66. The van der Waals surface area contributed by atoms with Gasteiger partial charge in [-0.1, -0.05) is 20.3 Å². The fraction of sp³-hybridized carbons (Fsp3) is 0.550. The summed E-state index contributed by atoms with van der Waals surface area (Å²) < 4.78 is 5.44. The van der Waals surface area contributed by atoms with E-state index in [1.165, 1.54) is 43.2 Å². The van der Waals surface area contributed by atoms with Crippen LogP contribution in [0.4, 0.5) is 0 Å². The summed E-state index contributed by atoms with van der Waals surface area (Å²) >= 11 is 0. The average Bonchev–Trinajstić information content (AvgIpc) is 2.52. The van der Waals surface area contributed by atoms with E-state index in [-0.39, 0.29) is 5.63 Å². The maximum Gasteiger partial charge on any atom is 0.336 e. The Kier molecular flexibility index (Phi) is 4.86. The minimum absolute atomic E-state index is 0.235. The van der Waals surface area contributed by atoms with E-state index in [2.05, 4.69) is 32.2 Å². The molecule has 0 aliphatic heterocycles. The summed E-state index contributed by atoms with van der Waals surface area (Å²) in [6, 6.07) is 6.64. The van der Waals surface area contributed by atoms with Crippen LogP contribution in [0, 0.1) is 6.92 Å². The highest BCUT2D eigenvalue weighted by Gasteiger charge is 2.17. The number of hydrogen-bond acceptors (Lipinski definition) is 2. The maximum atomic E-state index is 11.9. The van der Waals surface area contributed by atoms with Crippen molar-refractivity contribution in [1.29, 1.82) is 0 Å². The van der Waals surface area contributed by atoms with E-state index in [0.29, 0.717) is 12.0 Å². The Hall–Kier alpha value is -1.61. The molecule has 1 aliphatic rings. The van der Waals surface area contributed by atoms with Gasteiger partial charge in [-0.15, -0.1) is 0 Å². The summed E-state index contributed by atoms with van der Waals surface area (Å²) in [4.78, 5) is 11.9. The average molecular weight is 314 g/mol. The lowest BCUT2D eigenvalue weighted by Gasteiger charge is -2.20. The summed E-state index contributed by atoms with van der Waals surface area (Å²) in [5.41, 5.74) is 4.14. The van der Waals surface area contributed by atoms with Crippen LogP contribution >= 0.6 is 0 Å². The zero-order valence-corrected chi connectivity index (χ0v) is 14.5. The molecule has 3 nitrogen and oxygen atoms in total. The molecule has 2 aromatic rings. The molecule has 23 heavy (non-hydrogen) atoms. The monoisotopic (exact) mass is 314 g/mol. The van der Waals surface area contributed by atoms with Crippen molar-refractivity contribution >= 4 is 11.0 Å². The third-order valence-electron chi connectivity index (χ3n) is 5.16. The molecule has 0 radical (unpaired) electrons. The summed E-state index contributed by atoms with van der Waals surface area (Å²) in [5.74, 6) is 0.474. The highest BCUT2D eigenvalue weighted by Crippen LogP contribution is 2.26. The molecule has 2 N–H and O–H groups in total. The van der Waals surface area contributed by atoms with E-state index < -0.39 is 0 Å². The standard InChI is InChI=1S/C20H27NO2/c1-13(2)17-11-18-15(12-21-16-7-5-4-6-8-16)10-20(22)23-19(18)9-14(17)3/h9-11,13,16,21H,4-8,12H2,1-3H3/p+1. The molecule has 1 heterocycles. The first-order chi connectivity index (χ1) is 11.0. The van der Waals surface area contributed by atoms with Gasteiger partial charge >= 0.3 is 5.63 Å². The van der Waals surface area contributed by atoms with Crippen LogP contribution in [0.1, 0.15) is 68.6 Å². The van der Waals surface area contributed by atoms with Crippen LogP contribution in [0.15, 0.2) is 27.4 Å². The van der Waals surface area contributed by atoms with Crippen LogP contribution in [-0.2, 0) is 6.54 Å². The molecule has 1 aromatic heterocycles. The fourth-order valence-corrected chi connectivity index (χ4v) is 3.85. The summed E-state index contributed by atoms with van der Waals surface area (Å²) in [7, 11) is 0. The zero-order valence-electron chi connectivity index (χ0n) is 14.5. The van der Waals surface area contributed by atoms with E-state index in [1.807, 2.05) is 6.07 Å². The second kappa shape index (κ2) is 6.88. The second-order valence-corrected chi connectivity index (χ2v) is 7.29. The molecule has 3 heteroatoms. The first-order valence-corrected chi connectivity index (χ1v) is 8.95. The Morgan fingerprint density at radius 2 is 1.91 bits per heavy atom. The van der Waals surface area contributed by atoms with E-state index in [9.17, 15) is 4.79 Å². The van der Waals surface area contributed by atoms with Gasteiger partial charge in [-0.2, -0.15) is 0 Å². The Morgan fingerprint density at radius 3 is 2.61 bits per heavy atom. The molecule has 124 valence electrons. The topological polar surface area (TPSA) is 46.8 Å². The molecule has 1 fully saturated rings. The van der Waals surface area contributed by atoms with Crippen molar-refractivity contribution in [3.05, 3.63) is 45.3 Å². The van der Waals surface area contributed by atoms with Crippen LogP contribution in [-0.4, -0.2) is 6.04 Å². The van der Waals surface area contributed by atoms with Gasteiger partial charge in [0.2, 0.25) is 0 Å². The first-order valence-electron chi connectivity index (χ1n) is 8.95. The first kappa shape index (κ1) is 16.3. The Labute approximate surface area is 138 Å². The highest BCUT2D eigenvalue weighted by atomic mass is 16.4. The number of quaternary nitrogens is 1. The number of nitrogens with two attached hydrogens (primary N) is 1. The molecule has 0 unspecified atom stereocenters. The van der Waals surface area contributed by atoms with Crippen molar-refractivity contribution in [2.45, 2.75) is 71.4 Å². The molecule has 0 saturated heterocycles. The van der Waals surface area contributed by atoms with Crippen molar-refractivity contribution in [1.82, 2.24) is 0 Å². The number of rotatable bonds is 4. The highest BCUT2D eigenvalue weighted by molar-refractivity contribution is 5.82. The summed E-state index contributed by atoms with van der Waals surface area (Å²) in [6.07, 6.45) is 6.66. The van der Waals surface area contributed by atoms with Crippen molar-refractivity contribution in [3.63, 3.8) is 0 Å². The fourth-order valence-electron chi connectivity index (χ4n) is 3.85. The molecule has 3 rings (SSSR count). The van der Waals surface area contributed by atoms with Gasteiger partial charge in [0.05, 0.1) is 6.04 Å². The normalized spacial score (nSPS) is 16.3. The number of hydrogen-bond donors (Lipinski definition) is 1. The van der Waals surface area contributed by atoms with Gasteiger partial charge < -0.3 is 9.73 Å². The summed E-state index contributed by atoms with van der Waals surface area (Å²) in [6.45, 7) is 7.38. The molecular weight excluding hydrogens is 286 g/mol. The van der Waals surface area contributed by atoms with Gasteiger partial charge in [0.15, 0.2) is 0 Å². The van der Waals surface area contributed by atoms with Crippen molar-refractivity contribution in [2.75, 3.05) is 0 Å². The van der Waals surface area contributed by atoms with E-state index in [1.54, 1.807) is 6.07 Å². The lowest BCUT2D eigenvalue weighted by molar-refractivity contribution is -0.706. The van der Waals surface area contributed by atoms with E-state index in [4.69, 9.17) is 4.42 Å². The molecule has 1 aromatic carbocycles. The van der Waals surface area contributed by atoms with Crippen molar-refractivity contribution in [3.8, 4) is 0 Å². The Morgan fingerprint density at radius 1 is 1.17 bits per heavy atom. The lowest BCUT2D eigenvalue weighted by Crippen LogP contribution is -2.88. The zero-order chi connectivity index (χ0) is 16.4. The third-order valence-corrected chi connectivity index (χ3v) is 5.16. The molecule has 0 amide bonds. The number of fused-ring (bicyclic) bond motifs is 1. The molecule has 1 saturated carbocycles. The predicted molar refractivity (Wildman–Crippen MR) is 93.8 cm³/mol. The SMILES string of the molecule is Cc1cc2oc(=O)cc(C[NH2+]C3CCCCC3)c2cc1C(C)C. The van der Waals surface area contributed by atoms with Gasteiger partial charge in [0, 0.05) is 17.0 Å². The van der Waals surface area contributed by atoms with Gasteiger partial charge in [-0.25, -0.2) is 4.79 Å². The number of benzene rings is 1. The smallest absolute Gasteiger partial charge is 0.336 e. The van der Waals surface area contributed by atoms with E-state index >= 15 is 0 Å². The molecular formula is C20H28NO2+. The minimum Gasteiger partial charge on any atom is -0.423 e. The largest absolute Gasteiger partial charge is 0.423 e. The minimum atomic E-state index is -0.235. The summed E-state index contributed by atoms with van der Waals surface area (Å²) in [5, 5.41) is 3.52. The number of aryl methyl sites for hydroxylation is 1. The van der Waals surface area contributed by atoms with Gasteiger partial charge in [0.1, 0.15) is 12.1 Å². The van der Waals surface area contributed by atoms with Crippen LogP contribution in [0.3, 0.4) is 0 Å². The van der Waals surface area contributed by atoms with Gasteiger partial charge in [0.25, 0.3) is 0 Å². The van der Waals surface area contributed by atoms with Crippen molar-refractivity contribution < 1.29 is 9.73 Å². The molecule has 0 spiro atoms. The predicted octanol–water partition coefficient (Wildman–Crippen LogP) is 3.62. The van der Waals surface area contributed by atoms with Crippen LogP contribution in [0.5, 0.6) is 0 Å². The molecule has 0 bridgehead atoms. The van der Waals surface area contributed by atoms with Crippen LogP contribution in [0.25, 0.3) is 11.0 Å². The van der Waals surface area contributed by atoms with Crippen LogP contribution in [0.2, 0.25) is 0 Å². The lowest BCUT2D eigenvalue weighted by atomic mass is 9.94. The Balaban J connectivity index is 1.94.